The van der Waals surface area contributed by atoms with E-state index in [1.54, 1.807) is 36.7 Å². The fourth-order valence-electron chi connectivity index (χ4n) is 1.97. The maximum absolute atomic E-state index is 12.1. The Morgan fingerprint density at radius 1 is 1.04 bits per heavy atom. The lowest BCUT2D eigenvalue weighted by Crippen LogP contribution is -2.14. The second-order valence-corrected chi connectivity index (χ2v) is 5.90. The van der Waals surface area contributed by atoms with Gasteiger partial charge in [-0.1, -0.05) is 22.0 Å². The Morgan fingerprint density at radius 2 is 1.88 bits per heavy atom. The van der Waals surface area contributed by atoms with Crippen molar-refractivity contribution in [3.8, 4) is 0 Å². The van der Waals surface area contributed by atoms with E-state index in [2.05, 4.69) is 41.7 Å². The van der Waals surface area contributed by atoms with E-state index in [1.165, 1.54) is 0 Å². The number of hydrogen-bond acceptors (Lipinski definition) is 5. The second kappa shape index (κ2) is 7.65. The Hall–Kier alpha value is -2.80. The Morgan fingerprint density at radius 3 is 2.54 bits per heavy atom. The average Bonchev–Trinajstić information content (AvgIpc) is 2.63. The Balaban J connectivity index is 1.59. The van der Waals surface area contributed by atoms with Gasteiger partial charge in [0.1, 0.15) is 5.82 Å². The normalized spacial score (nSPS) is 10.2. The molecule has 0 atom stereocenters. The summed E-state index contributed by atoms with van der Waals surface area (Å²) in [4.78, 5) is 16.2. The summed E-state index contributed by atoms with van der Waals surface area (Å²) in [5.41, 5.74) is 1.99. The standard InChI is InChI=1S/C17H14BrN5O/c18-13-3-5-14(6-4-13)21-17(24)15-7-8-16(23-22-15)20-11-12-2-1-9-19-10-12/h1-10H,11H2,(H,20,23)(H,21,24). The van der Waals surface area contributed by atoms with Crippen molar-refractivity contribution >= 4 is 33.3 Å². The lowest BCUT2D eigenvalue weighted by molar-refractivity contribution is 0.102. The largest absolute Gasteiger partial charge is 0.364 e. The molecule has 0 aliphatic rings. The van der Waals surface area contributed by atoms with Gasteiger partial charge in [-0.15, -0.1) is 10.2 Å². The predicted octanol–water partition coefficient (Wildman–Crippen LogP) is 3.50. The van der Waals surface area contributed by atoms with Gasteiger partial charge >= 0.3 is 0 Å². The summed E-state index contributed by atoms with van der Waals surface area (Å²) < 4.78 is 0.948. The minimum atomic E-state index is -0.302. The van der Waals surface area contributed by atoms with Gasteiger partial charge in [0.15, 0.2) is 5.69 Å². The summed E-state index contributed by atoms with van der Waals surface area (Å²) in [6, 6.07) is 14.5. The van der Waals surface area contributed by atoms with E-state index in [0.717, 1.165) is 10.0 Å². The second-order valence-electron chi connectivity index (χ2n) is 4.98. The van der Waals surface area contributed by atoms with Crippen LogP contribution in [0.15, 0.2) is 65.4 Å². The Labute approximate surface area is 147 Å². The number of carbonyl (C=O) groups excluding carboxylic acids is 1. The molecule has 0 spiro atoms. The number of nitrogens with zero attached hydrogens (tertiary/aromatic N) is 3. The van der Waals surface area contributed by atoms with Gasteiger partial charge in [-0.05, 0) is 48.0 Å². The quantitative estimate of drug-likeness (QED) is 0.704. The zero-order valence-corrected chi connectivity index (χ0v) is 14.2. The lowest BCUT2D eigenvalue weighted by Gasteiger charge is -2.06. The number of aromatic nitrogens is 3. The third-order valence-corrected chi connectivity index (χ3v) is 3.72. The van der Waals surface area contributed by atoms with Crippen molar-refractivity contribution in [2.45, 2.75) is 6.54 Å². The summed E-state index contributed by atoms with van der Waals surface area (Å²) in [5.74, 6) is 0.294. The number of anilines is 2. The molecule has 3 aromatic rings. The third kappa shape index (κ3) is 4.36. The third-order valence-electron chi connectivity index (χ3n) is 3.20. The van der Waals surface area contributed by atoms with Crippen LogP contribution in [0, 0.1) is 0 Å². The molecule has 6 nitrogen and oxygen atoms in total. The molecule has 7 heteroatoms. The van der Waals surface area contributed by atoms with Gasteiger partial charge in [0.25, 0.3) is 5.91 Å². The molecule has 0 aliphatic heterocycles. The van der Waals surface area contributed by atoms with Crippen LogP contribution in [0.2, 0.25) is 0 Å². The molecule has 0 bridgehead atoms. The van der Waals surface area contributed by atoms with Crippen molar-refractivity contribution in [3.05, 3.63) is 76.7 Å². The van der Waals surface area contributed by atoms with E-state index in [9.17, 15) is 4.79 Å². The van der Waals surface area contributed by atoms with E-state index in [0.29, 0.717) is 18.1 Å². The van der Waals surface area contributed by atoms with Gasteiger partial charge in [0, 0.05) is 29.1 Å². The maximum atomic E-state index is 12.1. The molecule has 0 saturated heterocycles. The highest BCUT2D eigenvalue weighted by Crippen LogP contribution is 2.15. The van der Waals surface area contributed by atoms with Gasteiger partial charge in [0.05, 0.1) is 0 Å². The molecule has 0 unspecified atom stereocenters. The molecule has 0 aliphatic carbocycles. The molecule has 0 radical (unpaired) electrons. The van der Waals surface area contributed by atoms with Gasteiger partial charge in [-0.25, -0.2) is 0 Å². The van der Waals surface area contributed by atoms with Gasteiger partial charge < -0.3 is 10.6 Å². The number of rotatable bonds is 5. The lowest BCUT2D eigenvalue weighted by atomic mass is 10.3. The first-order chi connectivity index (χ1) is 11.7. The van der Waals surface area contributed by atoms with E-state index < -0.39 is 0 Å². The zero-order valence-electron chi connectivity index (χ0n) is 12.6. The van der Waals surface area contributed by atoms with Crippen molar-refractivity contribution in [1.29, 1.82) is 0 Å². The summed E-state index contributed by atoms with van der Waals surface area (Å²) in [6.45, 7) is 0.590. The molecule has 1 amide bonds. The molecule has 24 heavy (non-hydrogen) atoms. The number of pyridine rings is 1. The number of hydrogen-bond donors (Lipinski definition) is 2. The van der Waals surface area contributed by atoms with Crippen LogP contribution in [-0.4, -0.2) is 21.1 Å². The first-order valence-corrected chi connectivity index (χ1v) is 8.03. The van der Waals surface area contributed by atoms with Crippen LogP contribution in [0.3, 0.4) is 0 Å². The van der Waals surface area contributed by atoms with Crippen LogP contribution < -0.4 is 10.6 Å². The fourth-order valence-corrected chi connectivity index (χ4v) is 2.24. The molecule has 2 N–H and O–H groups in total. The number of amides is 1. The number of carbonyl (C=O) groups is 1. The highest BCUT2D eigenvalue weighted by atomic mass is 79.9. The van der Waals surface area contributed by atoms with E-state index in [1.807, 2.05) is 24.3 Å². The number of nitrogens with one attached hydrogen (secondary N) is 2. The van der Waals surface area contributed by atoms with Crippen LogP contribution in [0.25, 0.3) is 0 Å². The molecule has 2 heterocycles. The Bertz CT molecular complexity index is 807. The number of halogens is 1. The van der Waals surface area contributed by atoms with Crippen molar-refractivity contribution < 1.29 is 4.79 Å². The molecular weight excluding hydrogens is 370 g/mol. The molecule has 3 rings (SSSR count). The molecule has 0 fully saturated rings. The van der Waals surface area contributed by atoms with Gasteiger partial charge in [0.2, 0.25) is 0 Å². The highest BCUT2D eigenvalue weighted by Gasteiger charge is 2.08. The minimum Gasteiger partial charge on any atom is -0.364 e. The zero-order chi connectivity index (χ0) is 16.8. The van der Waals surface area contributed by atoms with Crippen LogP contribution in [0.5, 0.6) is 0 Å². The van der Waals surface area contributed by atoms with Gasteiger partial charge in [-0.3, -0.25) is 9.78 Å². The Kier molecular flexibility index (Phi) is 5.12. The summed E-state index contributed by atoms with van der Waals surface area (Å²) in [5, 5.41) is 13.9. The van der Waals surface area contributed by atoms with Crippen LogP contribution >= 0.6 is 15.9 Å². The van der Waals surface area contributed by atoms with Crippen LogP contribution in [0.1, 0.15) is 16.1 Å². The first kappa shape index (κ1) is 16.1. The molecule has 120 valence electrons. The predicted molar refractivity (Wildman–Crippen MR) is 95.7 cm³/mol. The monoisotopic (exact) mass is 383 g/mol. The molecule has 1 aromatic carbocycles. The maximum Gasteiger partial charge on any atom is 0.276 e. The molecule has 0 saturated carbocycles. The van der Waals surface area contributed by atoms with E-state index >= 15 is 0 Å². The topological polar surface area (TPSA) is 79.8 Å². The van der Waals surface area contributed by atoms with E-state index in [4.69, 9.17) is 0 Å². The van der Waals surface area contributed by atoms with Crippen molar-refractivity contribution in [2.24, 2.45) is 0 Å². The fraction of sp³-hybridized carbons (Fsp3) is 0.0588. The van der Waals surface area contributed by atoms with Crippen molar-refractivity contribution in [3.63, 3.8) is 0 Å². The van der Waals surface area contributed by atoms with Crippen molar-refractivity contribution in [2.75, 3.05) is 10.6 Å². The van der Waals surface area contributed by atoms with Crippen LogP contribution in [-0.2, 0) is 6.54 Å². The number of benzene rings is 1. The molecular formula is C17H14BrN5O. The summed E-state index contributed by atoms with van der Waals surface area (Å²) >= 11 is 3.35. The summed E-state index contributed by atoms with van der Waals surface area (Å²) in [6.07, 6.45) is 3.50. The smallest absolute Gasteiger partial charge is 0.276 e. The first-order valence-electron chi connectivity index (χ1n) is 7.24. The minimum absolute atomic E-state index is 0.254. The van der Waals surface area contributed by atoms with Crippen LogP contribution in [0.4, 0.5) is 11.5 Å². The highest BCUT2D eigenvalue weighted by molar-refractivity contribution is 9.10. The summed E-state index contributed by atoms with van der Waals surface area (Å²) in [7, 11) is 0. The molecule has 2 aromatic heterocycles. The van der Waals surface area contributed by atoms with Crippen molar-refractivity contribution in [1.82, 2.24) is 15.2 Å². The SMILES string of the molecule is O=C(Nc1ccc(Br)cc1)c1ccc(NCc2cccnc2)nn1. The van der Waals surface area contributed by atoms with E-state index in [-0.39, 0.29) is 11.6 Å². The average molecular weight is 384 g/mol. The van der Waals surface area contributed by atoms with Gasteiger partial charge in [-0.2, -0.15) is 0 Å².